The van der Waals surface area contributed by atoms with E-state index in [1.807, 2.05) is 43.3 Å². The van der Waals surface area contributed by atoms with Crippen molar-refractivity contribution in [3.63, 3.8) is 0 Å². The van der Waals surface area contributed by atoms with Crippen molar-refractivity contribution < 1.29 is 4.79 Å². The minimum absolute atomic E-state index is 0.00931. The van der Waals surface area contributed by atoms with Gasteiger partial charge in [0.1, 0.15) is 0 Å². The third-order valence-electron chi connectivity index (χ3n) is 2.17. The largest absolute Gasteiger partial charge is 0.327 e. The summed E-state index contributed by atoms with van der Waals surface area (Å²) < 4.78 is 0. The molecule has 0 fully saturated rings. The summed E-state index contributed by atoms with van der Waals surface area (Å²) in [6.45, 7) is 1.88. The Morgan fingerprint density at radius 3 is 2.57 bits per heavy atom. The van der Waals surface area contributed by atoms with Gasteiger partial charge in [-0.1, -0.05) is 30.3 Å². The van der Waals surface area contributed by atoms with Gasteiger partial charge in [0.25, 0.3) is 0 Å². The summed E-state index contributed by atoms with van der Waals surface area (Å²) >= 11 is 0. The first-order chi connectivity index (χ1) is 6.75. The number of amides is 2. The molecule has 0 bridgehead atoms. The van der Waals surface area contributed by atoms with Crippen molar-refractivity contribution in [1.82, 2.24) is 10.6 Å². The number of hydrogen-bond acceptors (Lipinski definition) is 1. The molecule has 0 aliphatic carbocycles. The Bertz CT molecular complexity index is 370. The van der Waals surface area contributed by atoms with Crippen LogP contribution in [0.2, 0.25) is 0 Å². The van der Waals surface area contributed by atoms with Crippen LogP contribution in [0, 0.1) is 0 Å². The molecule has 0 spiro atoms. The molecule has 72 valence electrons. The van der Waals surface area contributed by atoms with Gasteiger partial charge in [0.15, 0.2) is 0 Å². The number of hydrogen-bond donors (Lipinski definition) is 2. The molecule has 0 aromatic heterocycles. The molecule has 3 nitrogen and oxygen atoms in total. The van der Waals surface area contributed by atoms with Crippen molar-refractivity contribution in [2.45, 2.75) is 13.0 Å². The molecule has 2 N–H and O–H groups in total. The number of nitrogens with one attached hydrogen (secondary N) is 2. The summed E-state index contributed by atoms with van der Waals surface area (Å²) in [5.41, 5.74) is 1.99. The number of rotatable bonds is 1. The van der Waals surface area contributed by atoms with Crippen LogP contribution in [0.25, 0.3) is 0 Å². The van der Waals surface area contributed by atoms with Crippen molar-refractivity contribution in [3.8, 4) is 0 Å². The maximum Gasteiger partial charge on any atom is 0.319 e. The Labute approximate surface area is 82.8 Å². The van der Waals surface area contributed by atoms with Gasteiger partial charge < -0.3 is 10.6 Å². The highest BCUT2D eigenvalue weighted by molar-refractivity contribution is 5.78. The van der Waals surface area contributed by atoms with Crippen LogP contribution in [0.3, 0.4) is 0 Å². The second-order valence-corrected chi connectivity index (χ2v) is 3.34. The van der Waals surface area contributed by atoms with Gasteiger partial charge in [-0.3, -0.25) is 0 Å². The molecule has 1 aliphatic heterocycles. The number of carbonyl (C=O) groups is 1. The monoisotopic (exact) mass is 188 g/mol. The number of allylic oxidation sites excluding steroid dienone is 1. The lowest BCUT2D eigenvalue weighted by Gasteiger charge is -2.22. The van der Waals surface area contributed by atoms with Gasteiger partial charge in [-0.05, 0) is 18.6 Å². The fourth-order valence-electron chi connectivity index (χ4n) is 1.53. The average Bonchev–Trinajstić information content (AvgIpc) is 2.18. The molecule has 2 amide bonds. The molecule has 14 heavy (non-hydrogen) atoms. The Hall–Kier alpha value is -1.77. The number of urea groups is 1. The molecule has 1 aromatic rings. The zero-order chi connectivity index (χ0) is 9.97. The summed E-state index contributed by atoms with van der Waals surface area (Å²) in [6, 6.07) is 9.74. The van der Waals surface area contributed by atoms with E-state index in [1.165, 1.54) is 0 Å². The van der Waals surface area contributed by atoms with Crippen LogP contribution in [-0.4, -0.2) is 6.03 Å². The summed E-state index contributed by atoms with van der Waals surface area (Å²) in [7, 11) is 0. The summed E-state index contributed by atoms with van der Waals surface area (Å²) in [5.74, 6) is 0. The standard InChI is InChI=1S/C11H12N2O/c1-8-7-10(13-11(14)12-8)9-5-3-2-4-6-9/h2-7,10H,1H3,(H2,12,13,14)/t10-/m0/s1. The molecular formula is C11H12N2O. The normalized spacial score (nSPS) is 20.8. The van der Waals surface area contributed by atoms with Crippen LogP contribution in [-0.2, 0) is 0 Å². The third-order valence-corrected chi connectivity index (χ3v) is 2.17. The smallest absolute Gasteiger partial charge is 0.319 e. The van der Waals surface area contributed by atoms with Crippen LogP contribution in [0.1, 0.15) is 18.5 Å². The minimum atomic E-state index is -0.140. The first-order valence-electron chi connectivity index (χ1n) is 4.56. The average molecular weight is 188 g/mol. The Kier molecular flexibility index (Phi) is 2.23. The predicted octanol–water partition coefficient (Wildman–Crippen LogP) is 1.94. The first-order valence-corrected chi connectivity index (χ1v) is 4.56. The lowest BCUT2D eigenvalue weighted by atomic mass is 10.1. The summed E-state index contributed by atoms with van der Waals surface area (Å²) in [5, 5.41) is 5.53. The summed E-state index contributed by atoms with van der Waals surface area (Å²) in [4.78, 5) is 11.2. The maximum absolute atomic E-state index is 11.2. The lowest BCUT2D eigenvalue weighted by molar-refractivity contribution is 0.239. The van der Waals surface area contributed by atoms with E-state index in [0.717, 1.165) is 11.3 Å². The first kappa shape index (κ1) is 8.81. The molecule has 0 saturated carbocycles. The van der Waals surface area contributed by atoms with E-state index >= 15 is 0 Å². The SMILES string of the molecule is CC1=C[C@@H](c2ccccc2)NC(=O)N1. The molecule has 0 saturated heterocycles. The number of carbonyl (C=O) groups excluding carboxylic acids is 1. The molecule has 3 heteroatoms. The fraction of sp³-hybridized carbons (Fsp3) is 0.182. The van der Waals surface area contributed by atoms with Crippen molar-refractivity contribution in [2.24, 2.45) is 0 Å². The van der Waals surface area contributed by atoms with Crippen molar-refractivity contribution in [3.05, 3.63) is 47.7 Å². The van der Waals surface area contributed by atoms with E-state index in [4.69, 9.17) is 0 Å². The highest BCUT2D eigenvalue weighted by Crippen LogP contribution is 2.17. The Morgan fingerprint density at radius 2 is 1.93 bits per heavy atom. The molecule has 1 aliphatic rings. The Balaban J connectivity index is 2.28. The highest BCUT2D eigenvalue weighted by atomic mass is 16.2. The van der Waals surface area contributed by atoms with Crippen molar-refractivity contribution in [2.75, 3.05) is 0 Å². The highest BCUT2D eigenvalue weighted by Gasteiger charge is 2.16. The molecule has 1 aromatic carbocycles. The van der Waals surface area contributed by atoms with Gasteiger partial charge in [-0.15, -0.1) is 0 Å². The van der Waals surface area contributed by atoms with Crippen molar-refractivity contribution in [1.29, 1.82) is 0 Å². The third kappa shape index (κ3) is 1.76. The van der Waals surface area contributed by atoms with Crippen LogP contribution < -0.4 is 10.6 Å². The summed E-state index contributed by atoms with van der Waals surface area (Å²) in [6.07, 6.45) is 2.00. The predicted molar refractivity (Wildman–Crippen MR) is 54.6 cm³/mol. The van der Waals surface area contributed by atoms with Gasteiger partial charge in [-0.2, -0.15) is 0 Å². The van der Waals surface area contributed by atoms with Crippen molar-refractivity contribution >= 4 is 6.03 Å². The van der Waals surface area contributed by atoms with E-state index in [1.54, 1.807) is 0 Å². The molecular weight excluding hydrogens is 176 g/mol. The quantitative estimate of drug-likeness (QED) is 0.694. The lowest BCUT2D eigenvalue weighted by Crippen LogP contribution is -2.40. The zero-order valence-electron chi connectivity index (χ0n) is 7.95. The van der Waals surface area contributed by atoms with E-state index in [0.29, 0.717) is 0 Å². The maximum atomic E-state index is 11.2. The zero-order valence-corrected chi connectivity index (χ0v) is 7.95. The van der Waals surface area contributed by atoms with Gasteiger partial charge in [0.05, 0.1) is 6.04 Å². The topological polar surface area (TPSA) is 41.1 Å². The molecule has 1 atom stereocenters. The fourth-order valence-corrected chi connectivity index (χ4v) is 1.53. The van der Waals surface area contributed by atoms with Crippen LogP contribution in [0.15, 0.2) is 42.1 Å². The van der Waals surface area contributed by atoms with Gasteiger partial charge >= 0.3 is 6.03 Å². The second-order valence-electron chi connectivity index (χ2n) is 3.34. The number of benzene rings is 1. The van der Waals surface area contributed by atoms with Crippen LogP contribution in [0.4, 0.5) is 4.79 Å². The van der Waals surface area contributed by atoms with E-state index in [9.17, 15) is 4.79 Å². The van der Waals surface area contributed by atoms with E-state index in [2.05, 4.69) is 10.6 Å². The van der Waals surface area contributed by atoms with Gasteiger partial charge in [0.2, 0.25) is 0 Å². The molecule has 1 heterocycles. The van der Waals surface area contributed by atoms with Gasteiger partial charge in [-0.25, -0.2) is 4.79 Å². The second kappa shape index (κ2) is 3.54. The molecule has 2 rings (SSSR count). The van der Waals surface area contributed by atoms with E-state index < -0.39 is 0 Å². The Morgan fingerprint density at radius 1 is 1.21 bits per heavy atom. The molecule has 0 radical (unpaired) electrons. The van der Waals surface area contributed by atoms with E-state index in [-0.39, 0.29) is 12.1 Å². The molecule has 0 unspecified atom stereocenters. The van der Waals surface area contributed by atoms with Gasteiger partial charge in [0, 0.05) is 5.70 Å². The van der Waals surface area contributed by atoms with Crippen LogP contribution in [0.5, 0.6) is 0 Å². The van der Waals surface area contributed by atoms with Crippen LogP contribution >= 0.6 is 0 Å². The minimum Gasteiger partial charge on any atom is -0.327 e.